The summed E-state index contributed by atoms with van der Waals surface area (Å²) in [6, 6.07) is 7.38. The quantitative estimate of drug-likeness (QED) is 0.620. The van der Waals surface area contributed by atoms with E-state index in [2.05, 4.69) is 0 Å². The van der Waals surface area contributed by atoms with Crippen LogP contribution in [0.5, 0.6) is 0 Å². The van der Waals surface area contributed by atoms with Crippen molar-refractivity contribution in [2.24, 2.45) is 0 Å². The van der Waals surface area contributed by atoms with Gasteiger partial charge < -0.3 is 0 Å². The molecule has 0 aromatic heterocycles. The van der Waals surface area contributed by atoms with Gasteiger partial charge in [0.05, 0.1) is 9.79 Å². The molecule has 0 saturated carbocycles. The Bertz CT molecular complexity index is 755. The first-order chi connectivity index (χ1) is 8.18. The molecule has 0 unspecified atom stereocenters. The Morgan fingerprint density at radius 3 is 1.26 bits per heavy atom. The Balaban J connectivity index is 0.00000180. The number of fused-ring (bicyclic) bond motifs is 1. The molecule has 98 valence electrons. The number of benzene rings is 2. The second kappa shape index (κ2) is 5.88. The van der Waals surface area contributed by atoms with Gasteiger partial charge in [0.2, 0.25) is 0 Å². The molecule has 0 bridgehead atoms. The zero-order valence-corrected chi connectivity index (χ0v) is 10.4. The Morgan fingerprint density at radius 1 is 0.684 bits per heavy atom. The normalized spacial score (nSPS) is 12.1. The second-order valence-corrected chi connectivity index (χ2v) is 6.46. The molecule has 0 radical (unpaired) electrons. The zero-order valence-electron chi connectivity index (χ0n) is 8.81. The van der Waals surface area contributed by atoms with Crippen molar-refractivity contribution >= 4 is 82.4 Å². The van der Waals surface area contributed by atoms with Crippen LogP contribution in [-0.4, -0.2) is 77.3 Å². The minimum absolute atomic E-state index is 0. The average Bonchev–Trinajstić information content (AvgIpc) is 2.25. The van der Waals surface area contributed by atoms with Gasteiger partial charge in [0.15, 0.2) is 0 Å². The molecule has 0 aliphatic rings. The van der Waals surface area contributed by atoms with Crippen LogP contribution in [0.3, 0.4) is 0 Å². The predicted octanol–water partition coefficient (Wildman–Crippen LogP) is 0.685. The van der Waals surface area contributed by atoms with Crippen LogP contribution in [0.15, 0.2) is 46.2 Å². The average molecular weight is 328 g/mol. The molecular weight excluding hydrogens is 319 g/mol. The molecule has 0 fully saturated rings. The summed E-state index contributed by atoms with van der Waals surface area (Å²) in [6.45, 7) is 0. The second-order valence-electron chi connectivity index (χ2n) is 3.62. The molecule has 0 spiro atoms. The molecule has 9 heteroatoms. The van der Waals surface area contributed by atoms with Gasteiger partial charge in [-0.1, -0.05) is 12.1 Å². The van der Waals surface area contributed by atoms with Gasteiger partial charge in [-0.15, -0.1) is 0 Å². The summed E-state index contributed by atoms with van der Waals surface area (Å²) in [5.41, 5.74) is 0. The van der Waals surface area contributed by atoms with Crippen molar-refractivity contribution < 1.29 is 25.9 Å². The van der Waals surface area contributed by atoms with Crippen molar-refractivity contribution in [3.05, 3.63) is 36.4 Å². The van der Waals surface area contributed by atoms with Gasteiger partial charge in [-0.2, -0.15) is 16.8 Å². The van der Waals surface area contributed by atoms with E-state index >= 15 is 0 Å². The Kier molecular flexibility index (Phi) is 5.32. The summed E-state index contributed by atoms with van der Waals surface area (Å²) >= 11 is 0. The van der Waals surface area contributed by atoms with Crippen molar-refractivity contribution in [2.45, 2.75) is 9.79 Å². The fraction of sp³-hybridized carbons (Fsp3) is 0. The van der Waals surface area contributed by atoms with E-state index in [1.54, 1.807) is 0 Å². The molecule has 2 N–H and O–H groups in total. The van der Waals surface area contributed by atoms with Crippen molar-refractivity contribution in [1.29, 1.82) is 0 Å². The van der Waals surface area contributed by atoms with Crippen LogP contribution >= 0.6 is 0 Å². The van der Waals surface area contributed by atoms with Crippen molar-refractivity contribution in [3.63, 3.8) is 0 Å². The minimum atomic E-state index is -4.30. The van der Waals surface area contributed by atoms with Crippen LogP contribution in [0.4, 0.5) is 0 Å². The molecule has 6 nitrogen and oxygen atoms in total. The maximum absolute atomic E-state index is 10.9. The molecule has 0 aliphatic carbocycles. The number of rotatable bonds is 2. The van der Waals surface area contributed by atoms with Crippen LogP contribution in [0.2, 0.25) is 0 Å². The van der Waals surface area contributed by atoms with Gasteiger partial charge in [-0.05, 0) is 35.0 Å². The van der Waals surface area contributed by atoms with Gasteiger partial charge in [-0.3, -0.25) is 9.11 Å². The maximum atomic E-state index is 10.9. The van der Waals surface area contributed by atoms with Gasteiger partial charge in [-0.25, -0.2) is 0 Å². The third-order valence-corrected chi connectivity index (χ3v) is 4.08. The summed E-state index contributed by atoms with van der Waals surface area (Å²) in [5, 5.41) is 0.857. The van der Waals surface area contributed by atoms with E-state index in [1.807, 2.05) is 0 Å². The van der Waals surface area contributed by atoms with E-state index in [4.69, 9.17) is 9.11 Å². The van der Waals surface area contributed by atoms with Crippen molar-refractivity contribution in [1.82, 2.24) is 0 Å². The predicted molar refractivity (Wildman–Crippen MR) is 70.7 cm³/mol. The fourth-order valence-electron chi connectivity index (χ4n) is 1.52. The summed E-state index contributed by atoms with van der Waals surface area (Å²) < 4.78 is 61.4. The monoisotopic (exact) mass is 328 g/mol. The van der Waals surface area contributed by atoms with Crippen LogP contribution in [-0.2, 0) is 20.2 Å². The summed E-state index contributed by atoms with van der Waals surface area (Å²) in [6.07, 6.45) is 0. The van der Waals surface area contributed by atoms with Crippen LogP contribution in [0, 0.1) is 0 Å². The van der Waals surface area contributed by atoms with E-state index in [-0.39, 0.29) is 61.2 Å². The van der Waals surface area contributed by atoms with E-state index in [0.717, 1.165) is 12.1 Å². The van der Waals surface area contributed by atoms with Gasteiger partial charge in [0.1, 0.15) is 0 Å². The number of hydrogen-bond donors (Lipinski definition) is 2. The molecule has 2 aromatic carbocycles. The van der Waals surface area contributed by atoms with Crippen molar-refractivity contribution in [3.8, 4) is 0 Å². The third kappa shape index (κ3) is 4.06. The van der Waals surface area contributed by atoms with E-state index in [9.17, 15) is 16.8 Å². The zero-order chi connectivity index (χ0) is 13.6. The Morgan fingerprint density at radius 2 is 1.00 bits per heavy atom. The number of hydrogen-bond acceptors (Lipinski definition) is 4. The SMILES string of the molecule is O=S(=O)(O)c1ccc2cc(S(=O)(=O)O)ccc2c1.[KH]. The van der Waals surface area contributed by atoms with Gasteiger partial charge >= 0.3 is 51.4 Å². The molecular formula is C10H9KO6S2. The molecule has 0 amide bonds. The summed E-state index contributed by atoms with van der Waals surface area (Å²) in [7, 11) is -8.60. The molecule has 0 saturated heterocycles. The topological polar surface area (TPSA) is 109 Å². The first-order valence-corrected chi connectivity index (χ1v) is 7.55. The molecule has 0 aliphatic heterocycles. The first kappa shape index (κ1) is 17.2. The summed E-state index contributed by atoms with van der Waals surface area (Å²) in [4.78, 5) is -0.566. The summed E-state index contributed by atoms with van der Waals surface area (Å²) in [5.74, 6) is 0. The molecule has 0 atom stereocenters. The molecule has 2 aromatic rings. The van der Waals surface area contributed by atoms with E-state index in [1.165, 1.54) is 24.3 Å². The first-order valence-electron chi connectivity index (χ1n) is 4.67. The molecule has 19 heavy (non-hydrogen) atoms. The fourth-order valence-corrected chi connectivity index (χ4v) is 2.55. The van der Waals surface area contributed by atoms with Gasteiger partial charge in [0.25, 0.3) is 20.2 Å². The molecule has 2 rings (SSSR count). The van der Waals surface area contributed by atoms with Crippen molar-refractivity contribution in [2.75, 3.05) is 0 Å². The van der Waals surface area contributed by atoms with Gasteiger partial charge in [0, 0.05) is 0 Å². The Labute approximate surface area is 152 Å². The Hall–Kier alpha value is 0.156. The van der Waals surface area contributed by atoms with Crippen LogP contribution < -0.4 is 0 Å². The van der Waals surface area contributed by atoms with Crippen LogP contribution in [0.25, 0.3) is 10.8 Å². The third-order valence-electron chi connectivity index (χ3n) is 2.38. The standard InChI is InChI=1S/C10H8O6S2.K.H/c11-17(12,13)9-3-1-7-5-10(18(14,15)16)4-2-8(7)6-9;;/h1-6H,(H,11,12,13)(H,14,15,16);;. The molecule has 0 heterocycles. The van der Waals surface area contributed by atoms with Crippen LogP contribution in [0.1, 0.15) is 0 Å². The van der Waals surface area contributed by atoms with E-state index < -0.39 is 20.2 Å². The van der Waals surface area contributed by atoms with E-state index in [0.29, 0.717) is 10.8 Å².